The second-order valence-electron chi connectivity index (χ2n) is 8.50. The first kappa shape index (κ1) is 23.7. The quantitative estimate of drug-likeness (QED) is 0.201. The van der Waals surface area contributed by atoms with E-state index in [-0.39, 0.29) is 23.2 Å². The number of amides is 1. The summed E-state index contributed by atoms with van der Waals surface area (Å²) in [4.78, 5) is 24.2. The largest absolute Gasteiger partial charge is 0.463 e. The van der Waals surface area contributed by atoms with Crippen LogP contribution >= 0.6 is 0 Å². The molecule has 37 heavy (non-hydrogen) atoms. The Morgan fingerprint density at radius 3 is 2.24 bits per heavy atom. The lowest BCUT2D eigenvalue weighted by Crippen LogP contribution is -2.28. The van der Waals surface area contributed by atoms with E-state index >= 15 is 0 Å². The van der Waals surface area contributed by atoms with Gasteiger partial charge in [-0.1, -0.05) is 66.7 Å². The van der Waals surface area contributed by atoms with Gasteiger partial charge in [0.05, 0.1) is 16.9 Å². The third-order valence-electron chi connectivity index (χ3n) is 6.12. The predicted octanol–water partition coefficient (Wildman–Crippen LogP) is 5.99. The molecule has 2 heterocycles. The molecule has 0 unspecified atom stereocenters. The van der Waals surface area contributed by atoms with Crippen LogP contribution in [0.25, 0.3) is 17.1 Å². The lowest BCUT2D eigenvalue weighted by atomic mass is 9.88. The van der Waals surface area contributed by atoms with E-state index < -0.39 is 4.92 Å². The number of nitro groups is 1. The number of rotatable bonds is 9. The minimum absolute atomic E-state index is 0.0903. The summed E-state index contributed by atoms with van der Waals surface area (Å²) in [6.45, 7) is 0.420. The lowest BCUT2D eigenvalue weighted by Gasteiger charge is -2.18. The van der Waals surface area contributed by atoms with Crippen molar-refractivity contribution in [2.24, 2.45) is 0 Å². The van der Waals surface area contributed by atoms with Gasteiger partial charge in [0, 0.05) is 30.7 Å². The number of hydrogen-bond acceptors (Lipinski definition) is 5. The summed E-state index contributed by atoms with van der Waals surface area (Å²) in [5.41, 5.74) is 3.36. The van der Waals surface area contributed by atoms with Gasteiger partial charge in [0.2, 0.25) is 0 Å². The van der Waals surface area contributed by atoms with Gasteiger partial charge in [-0.3, -0.25) is 14.9 Å². The van der Waals surface area contributed by atoms with E-state index in [1.54, 1.807) is 30.3 Å². The molecule has 0 aliphatic rings. The molecule has 8 nitrogen and oxygen atoms in total. The Labute approximate surface area is 213 Å². The zero-order chi connectivity index (χ0) is 25.6. The van der Waals surface area contributed by atoms with Gasteiger partial charge in [-0.15, -0.1) is 0 Å². The maximum absolute atomic E-state index is 13.4. The van der Waals surface area contributed by atoms with Gasteiger partial charge in [0.1, 0.15) is 11.4 Å². The summed E-state index contributed by atoms with van der Waals surface area (Å²) in [7, 11) is 0. The number of nitro benzene ring substituents is 1. The molecule has 2 aromatic heterocycles. The second-order valence-corrected chi connectivity index (χ2v) is 8.50. The molecular formula is C29H24N4O4. The number of furan rings is 1. The number of hydrogen-bond donors (Lipinski definition) is 1. The minimum Gasteiger partial charge on any atom is -0.463 e. The molecule has 5 aromatic rings. The smallest absolute Gasteiger partial charge is 0.271 e. The highest BCUT2D eigenvalue weighted by molar-refractivity contribution is 5.94. The number of aromatic nitrogens is 2. The zero-order valence-corrected chi connectivity index (χ0v) is 19.9. The third-order valence-corrected chi connectivity index (χ3v) is 6.12. The van der Waals surface area contributed by atoms with Crippen molar-refractivity contribution in [1.29, 1.82) is 0 Å². The standard InChI is InChI=1S/C29H24N4O4/c34-29(30-17-16-25(21-9-3-1-4-10-21)22-11-5-2-6-12-22)27-20-26(28-15-8-18-37-28)31-32(27)23-13-7-14-24(19-23)33(35)36/h1-15,18-20,25H,16-17H2,(H,30,34). The van der Waals surface area contributed by atoms with Crippen LogP contribution in [-0.2, 0) is 0 Å². The van der Waals surface area contributed by atoms with Crippen LogP contribution < -0.4 is 5.32 Å². The number of benzene rings is 3. The summed E-state index contributed by atoms with van der Waals surface area (Å²) in [6.07, 6.45) is 2.21. The van der Waals surface area contributed by atoms with E-state index in [1.807, 2.05) is 36.4 Å². The normalized spacial score (nSPS) is 10.9. The highest BCUT2D eigenvalue weighted by Gasteiger charge is 2.21. The summed E-state index contributed by atoms with van der Waals surface area (Å²) in [5, 5.41) is 18.8. The molecule has 0 aliphatic heterocycles. The van der Waals surface area contributed by atoms with Gasteiger partial charge < -0.3 is 9.73 Å². The monoisotopic (exact) mass is 492 g/mol. The average molecular weight is 493 g/mol. The molecule has 0 aliphatic carbocycles. The van der Waals surface area contributed by atoms with E-state index in [0.29, 0.717) is 30.1 Å². The fourth-order valence-corrected chi connectivity index (χ4v) is 4.34. The zero-order valence-electron chi connectivity index (χ0n) is 19.9. The Hall–Kier alpha value is -4.98. The van der Waals surface area contributed by atoms with Crippen molar-refractivity contribution in [2.45, 2.75) is 12.3 Å². The van der Waals surface area contributed by atoms with Crippen molar-refractivity contribution >= 4 is 11.6 Å². The SMILES string of the molecule is O=C(NCCC(c1ccccc1)c1ccccc1)c1cc(-c2ccco2)nn1-c1cccc([N+](=O)[O-])c1. The maximum atomic E-state index is 13.4. The van der Waals surface area contributed by atoms with Crippen LogP contribution in [0, 0.1) is 10.1 Å². The molecule has 3 aromatic carbocycles. The molecular weight excluding hydrogens is 468 g/mol. The molecule has 5 rings (SSSR count). The average Bonchev–Trinajstić information content (AvgIpc) is 3.63. The van der Waals surface area contributed by atoms with Crippen LogP contribution in [0.3, 0.4) is 0 Å². The molecule has 1 amide bonds. The molecule has 8 heteroatoms. The number of carbonyl (C=O) groups is 1. The molecule has 0 saturated heterocycles. The van der Waals surface area contributed by atoms with Crippen LogP contribution in [0.5, 0.6) is 0 Å². The first-order valence-corrected chi connectivity index (χ1v) is 11.9. The van der Waals surface area contributed by atoms with Crippen molar-refractivity contribution in [2.75, 3.05) is 6.54 Å². The van der Waals surface area contributed by atoms with Crippen molar-refractivity contribution in [3.05, 3.63) is 136 Å². The van der Waals surface area contributed by atoms with E-state index in [0.717, 1.165) is 0 Å². The number of nitrogens with one attached hydrogen (secondary N) is 1. The van der Waals surface area contributed by atoms with Crippen molar-refractivity contribution in [3.8, 4) is 17.1 Å². The van der Waals surface area contributed by atoms with Gasteiger partial charge in [-0.05, 0) is 35.7 Å². The van der Waals surface area contributed by atoms with Crippen LogP contribution in [0.15, 0.2) is 114 Å². The summed E-state index contributed by atoms with van der Waals surface area (Å²) >= 11 is 0. The molecule has 0 radical (unpaired) electrons. The fourth-order valence-electron chi connectivity index (χ4n) is 4.34. The molecule has 0 spiro atoms. The Kier molecular flexibility index (Phi) is 6.89. The van der Waals surface area contributed by atoms with Gasteiger partial charge >= 0.3 is 0 Å². The molecule has 0 fully saturated rings. The van der Waals surface area contributed by atoms with Crippen LogP contribution in [0.1, 0.15) is 34.0 Å². The van der Waals surface area contributed by atoms with E-state index in [4.69, 9.17) is 4.42 Å². The van der Waals surface area contributed by atoms with Gasteiger partial charge in [0.15, 0.2) is 5.76 Å². The van der Waals surface area contributed by atoms with E-state index in [2.05, 4.69) is 34.7 Å². The van der Waals surface area contributed by atoms with Crippen LogP contribution in [-0.4, -0.2) is 27.2 Å². The van der Waals surface area contributed by atoms with Crippen LogP contribution in [0.4, 0.5) is 5.69 Å². The summed E-state index contributed by atoms with van der Waals surface area (Å²) < 4.78 is 6.87. The molecule has 184 valence electrons. The minimum atomic E-state index is -0.479. The van der Waals surface area contributed by atoms with Crippen molar-refractivity contribution in [1.82, 2.24) is 15.1 Å². The Morgan fingerprint density at radius 2 is 1.62 bits per heavy atom. The molecule has 0 atom stereocenters. The van der Waals surface area contributed by atoms with Crippen molar-refractivity contribution in [3.63, 3.8) is 0 Å². The first-order valence-electron chi connectivity index (χ1n) is 11.9. The van der Waals surface area contributed by atoms with Gasteiger partial charge in [-0.25, -0.2) is 4.68 Å². The predicted molar refractivity (Wildman–Crippen MR) is 140 cm³/mol. The first-order chi connectivity index (χ1) is 18.1. The Bertz CT molecular complexity index is 1460. The molecule has 0 saturated carbocycles. The summed E-state index contributed by atoms with van der Waals surface area (Å²) in [6, 6.07) is 31.5. The topological polar surface area (TPSA) is 103 Å². The van der Waals surface area contributed by atoms with Crippen molar-refractivity contribution < 1.29 is 14.1 Å². The molecule has 0 bridgehead atoms. The third kappa shape index (κ3) is 5.33. The van der Waals surface area contributed by atoms with Crippen LogP contribution in [0.2, 0.25) is 0 Å². The van der Waals surface area contributed by atoms with E-state index in [9.17, 15) is 14.9 Å². The number of non-ortho nitro benzene ring substituents is 1. The Morgan fingerprint density at radius 1 is 0.919 bits per heavy atom. The fraction of sp³-hybridized carbons (Fsp3) is 0.103. The molecule has 1 N–H and O–H groups in total. The second kappa shape index (κ2) is 10.7. The highest BCUT2D eigenvalue weighted by atomic mass is 16.6. The lowest BCUT2D eigenvalue weighted by molar-refractivity contribution is -0.384. The highest BCUT2D eigenvalue weighted by Crippen LogP contribution is 2.28. The number of nitrogens with zero attached hydrogens (tertiary/aromatic N) is 3. The van der Waals surface area contributed by atoms with Gasteiger partial charge in [0.25, 0.3) is 11.6 Å². The summed E-state index contributed by atoms with van der Waals surface area (Å²) in [5.74, 6) is 0.270. The Balaban J connectivity index is 1.40. The van der Waals surface area contributed by atoms with Gasteiger partial charge in [-0.2, -0.15) is 5.10 Å². The number of carbonyl (C=O) groups excluding carboxylic acids is 1. The maximum Gasteiger partial charge on any atom is 0.271 e. The van der Waals surface area contributed by atoms with E-state index in [1.165, 1.54) is 34.2 Å².